The third-order valence-electron chi connectivity index (χ3n) is 10.5. The monoisotopic (exact) mass is 463 g/mol. The predicted octanol–water partition coefficient (Wildman–Crippen LogP) is 1.22. The van der Waals surface area contributed by atoms with Crippen LogP contribution >= 0.6 is 0 Å². The number of nitrogens with zero attached hydrogens (tertiary/aromatic N) is 1. The Bertz CT molecular complexity index is 945. The Morgan fingerprint density at radius 2 is 1.76 bits per heavy atom. The number of carbonyl (C=O) groups is 1. The van der Waals surface area contributed by atoms with E-state index in [1.54, 1.807) is 13.8 Å². The van der Waals surface area contributed by atoms with E-state index in [1.807, 2.05) is 13.8 Å². The van der Waals surface area contributed by atoms with Gasteiger partial charge in [0.25, 0.3) is 0 Å². The van der Waals surface area contributed by atoms with Crippen LogP contribution in [0.1, 0.15) is 72.6 Å². The number of fused-ring (bicyclic) bond motifs is 5. The minimum absolute atomic E-state index is 0.0822. The first kappa shape index (κ1) is 23.4. The van der Waals surface area contributed by atoms with Gasteiger partial charge in [0.1, 0.15) is 5.60 Å². The molecule has 184 valence electrons. The molecule has 5 N–H and O–H groups in total. The minimum Gasteiger partial charge on any atom is -0.390 e. The average molecular weight is 464 g/mol. The van der Waals surface area contributed by atoms with E-state index in [1.165, 1.54) is 6.08 Å². The fourth-order valence-electron chi connectivity index (χ4n) is 8.29. The van der Waals surface area contributed by atoms with Crippen LogP contribution in [0.15, 0.2) is 16.8 Å². The summed E-state index contributed by atoms with van der Waals surface area (Å²) in [6.07, 6.45) is 1.11. The minimum atomic E-state index is -1.48. The summed E-state index contributed by atoms with van der Waals surface area (Å²) < 4.78 is 0. The molecule has 4 aliphatic carbocycles. The zero-order chi connectivity index (χ0) is 24.2. The van der Waals surface area contributed by atoms with Crippen molar-refractivity contribution in [2.45, 2.75) is 108 Å². The zero-order valence-corrected chi connectivity index (χ0v) is 19.9. The summed E-state index contributed by atoms with van der Waals surface area (Å²) in [5.74, 6) is -1.17. The average Bonchev–Trinajstić information content (AvgIpc) is 3.29. The summed E-state index contributed by atoms with van der Waals surface area (Å²) in [5, 5.41) is 60.7. The molecule has 8 nitrogen and oxygen atoms in total. The summed E-state index contributed by atoms with van der Waals surface area (Å²) in [4.78, 5) is 18.8. The molecular formula is C25H37NO7. The van der Waals surface area contributed by atoms with Crippen LogP contribution < -0.4 is 0 Å². The molecule has 3 saturated carbocycles. The second kappa shape index (κ2) is 6.88. The largest absolute Gasteiger partial charge is 0.390 e. The fraction of sp³-hybridized carbons (Fsp3) is 0.840. The highest BCUT2D eigenvalue weighted by atomic mass is 16.7. The Hall–Kier alpha value is -1.32. The number of aliphatic hydroxyl groups excluding tert-OH is 2. The van der Waals surface area contributed by atoms with Gasteiger partial charge in [-0.3, -0.25) is 4.79 Å². The van der Waals surface area contributed by atoms with Crippen LogP contribution in [0.5, 0.6) is 0 Å². The zero-order valence-electron chi connectivity index (χ0n) is 19.9. The molecule has 0 aromatic heterocycles. The van der Waals surface area contributed by atoms with Crippen LogP contribution in [0.4, 0.5) is 0 Å². The van der Waals surface area contributed by atoms with Crippen LogP contribution in [-0.4, -0.2) is 72.1 Å². The number of allylic oxidation sites excluding steroid dienone is 1. The SMILES string of the molecule is CC1=NO[C@@H]([C@](C)(O)[C@H]2CC[C@@]3(O)C4=CC(=O)[C@@H]5C[C@@H](O)[C@@H](O)C[C@]5(C)[C@@]4(O)CC[C@]23C)C1. The van der Waals surface area contributed by atoms with Gasteiger partial charge in [-0.05, 0) is 69.9 Å². The van der Waals surface area contributed by atoms with Crippen molar-refractivity contribution in [1.29, 1.82) is 0 Å². The van der Waals surface area contributed by atoms with Crippen LogP contribution in [0, 0.1) is 22.7 Å². The van der Waals surface area contributed by atoms with E-state index in [4.69, 9.17) is 4.84 Å². The lowest BCUT2D eigenvalue weighted by atomic mass is 9.43. The second-order valence-electron chi connectivity index (χ2n) is 12.1. The van der Waals surface area contributed by atoms with E-state index in [2.05, 4.69) is 5.16 Å². The first-order valence-corrected chi connectivity index (χ1v) is 12.2. The lowest BCUT2D eigenvalue weighted by molar-refractivity contribution is -0.217. The number of oxime groups is 1. The Balaban J connectivity index is 1.56. The van der Waals surface area contributed by atoms with Crippen LogP contribution in [0.2, 0.25) is 0 Å². The molecule has 5 rings (SSSR count). The van der Waals surface area contributed by atoms with Crippen LogP contribution in [0.3, 0.4) is 0 Å². The third-order valence-corrected chi connectivity index (χ3v) is 10.5. The molecule has 3 fully saturated rings. The van der Waals surface area contributed by atoms with Crippen molar-refractivity contribution in [2.75, 3.05) is 0 Å². The van der Waals surface area contributed by atoms with Crippen molar-refractivity contribution >= 4 is 11.5 Å². The highest BCUT2D eigenvalue weighted by molar-refractivity contribution is 5.95. The van der Waals surface area contributed by atoms with Gasteiger partial charge in [-0.15, -0.1) is 0 Å². The van der Waals surface area contributed by atoms with E-state index in [0.29, 0.717) is 37.7 Å². The molecule has 10 atom stereocenters. The van der Waals surface area contributed by atoms with Crippen molar-refractivity contribution in [3.63, 3.8) is 0 Å². The Morgan fingerprint density at radius 1 is 1.09 bits per heavy atom. The molecule has 0 bridgehead atoms. The van der Waals surface area contributed by atoms with Crippen molar-refractivity contribution in [2.24, 2.45) is 27.8 Å². The maximum Gasteiger partial charge on any atom is 0.161 e. The van der Waals surface area contributed by atoms with Gasteiger partial charge in [-0.2, -0.15) is 0 Å². The molecule has 0 amide bonds. The van der Waals surface area contributed by atoms with Crippen molar-refractivity contribution in [1.82, 2.24) is 0 Å². The van der Waals surface area contributed by atoms with E-state index in [-0.39, 0.29) is 24.5 Å². The van der Waals surface area contributed by atoms with Gasteiger partial charge in [0.2, 0.25) is 0 Å². The number of rotatable bonds is 2. The van der Waals surface area contributed by atoms with Gasteiger partial charge in [0.15, 0.2) is 11.9 Å². The summed E-state index contributed by atoms with van der Waals surface area (Å²) >= 11 is 0. The van der Waals surface area contributed by atoms with Gasteiger partial charge >= 0.3 is 0 Å². The quantitative estimate of drug-likeness (QED) is 0.415. The molecule has 5 aliphatic rings. The number of aliphatic hydroxyl groups is 5. The van der Waals surface area contributed by atoms with Gasteiger partial charge in [0, 0.05) is 23.2 Å². The maximum absolute atomic E-state index is 13.3. The van der Waals surface area contributed by atoms with Gasteiger partial charge in [-0.25, -0.2) is 0 Å². The van der Waals surface area contributed by atoms with Crippen LogP contribution in [0.25, 0.3) is 0 Å². The molecule has 0 spiro atoms. The molecule has 0 saturated heterocycles. The Morgan fingerprint density at radius 3 is 2.39 bits per heavy atom. The van der Waals surface area contributed by atoms with Crippen molar-refractivity contribution in [3.8, 4) is 0 Å². The van der Waals surface area contributed by atoms with Gasteiger partial charge in [0.05, 0.1) is 29.1 Å². The lowest BCUT2D eigenvalue weighted by Crippen LogP contribution is -2.70. The normalized spacial score (nSPS) is 53.2. The summed E-state index contributed by atoms with van der Waals surface area (Å²) in [6, 6.07) is 0. The van der Waals surface area contributed by atoms with E-state index in [9.17, 15) is 30.3 Å². The molecule has 0 unspecified atom stereocenters. The molecule has 1 aliphatic heterocycles. The molecule has 0 aromatic rings. The molecule has 1 heterocycles. The first-order chi connectivity index (χ1) is 15.2. The lowest BCUT2D eigenvalue weighted by Gasteiger charge is -2.64. The summed E-state index contributed by atoms with van der Waals surface area (Å²) in [6.45, 7) is 7.35. The van der Waals surface area contributed by atoms with E-state index < -0.39 is 51.9 Å². The number of ketones is 1. The van der Waals surface area contributed by atoms with Crippen molar-refractivity contribution < 1.29 is 35.2 Å². The molecule has 8 heteroatoms. The predicted molar refractivity (Wildman–Crippen MR) is 119 cm³/mol. The van der Waals surface area contributed by atoms with Gasteiger partial charge in [-0.1, -0.05) is 19.0 Å². The Labute approximate surface area is 194 Å². The molecule has 0 radical (unpaired) electrons. The summed E-state index contributed by atoms with van der Waals surface area (Å²) in [5.41, 5.74) is -4.87. The standard InChI is InChI=1S/C25H37NO7/c1-13-9-20(33-26-13)23(4,30)18-5-6-24(31)19-11-15(27)14-10-16(28)17(29)12-22(14,3)25(19,32)8-7-21(18,24)2/h11,14,16-18,20,28-32H,5-10,12H2,1-4H3/t14-,16+,17-,18-,20+,21+,22-,23+,24+,25+/m0/s1. The molecule has 33 heavy (non-hydrogen) atoms. The number of hydrogen-bond donors (Lipinski definition) is 5. The topological polar surface area (TPSA) is 140 Å². The van der Waals surface area contributed by atoms with E-state index >= 15 is 0 Å². The molecular weight excluding hydrogens is 426 g/mol. The van der Waals surface area contributed by atoms with E-state index in [0.717, 1.165) is 5.71 Å². The Kier molecular flexibility index (Phi) is 4.88. The number of carbonyl (C=O) groups excluding carboxylic acids is 1. The highest BCUT2D eigenvalue weighted by Gasteiger charge is 2.73. The molecule has 0 aromatic carbocycles. The van der Waals surface area contributed by atoms with Gasteiger partial charge < -0.3 is 30.4 Å². The number of hydrogen-bond acceptors (Lipinski definition) is 8. The highest BCUT2D eigenvalue weighted by Crippen LogP contribution is 2.70. The first-order valence-electron chi connectivity index (χ1n) is 12.2. The van der Waals surface area contributed by atoms with Crippen molar-refractivity contribution in [3.05, 3.63) is 11.6 Å². The summed E-state index contributed by atoms with van der Waals surface area (Å²) in [7, 11) is 0. The third kappa shape index (κ3) is 2.76. The second-order valence-corrected chi connectivity index (χ2v) is 12.1. The fourth-order valence-corrected chi connectivity index (χ4v) is 8.29. The smallest absolute Gasteiger partial charge is 0.161 e. The van der Waals surface area contributed by atoms with Crippen LogP contribution in [-0.2, 0) is 9.63 Å². The maximum atomic E-state index is 13.3.